The Morgan fingerprint density at radius 1 is 1.21 bits per heavy atom. The number of nitrogens with zero attached hydrogens (tertiary/aromatic N) is 4. The second-order valence-corrected chi connectivity index (χ2v) is 7.84. The van der Waals surface area contributed by atoms with Crippen molar-refractivity contribution in [1.82, 2.24) is 14.6 Å². The fourth-order valence-corrected chi connectivity index (χ4v) is 3.82. The Hall–Kier alpha value is -3.10. The van der Waals surface area contributed by atoms with Gasteiger partial charge in [0.25, 0.3) is 0 Å². The number of amides is 1. The van der Waals surface area contributed by atoms with Gasteiger partial charge in [-0.25, -0.2) is 9.50 Å². The summed E-state index contributed by atoms with van der Waals surface area (Å²) >= 11 is 0. The van der Waals surface area contributed by atoms with Gasteiger partial charge in [0.1, 0.15) is 11.8 Å². The van der Waals surface area contributed by atoms with E-state index in [-0.39, 0.29) is 22.9 Å². The van der Waals surface area contributed by atoms with Gasteiger partial charge in [0.2, 0.25) is 5.91 Å². The summed E-state index contributed by atoms with van der Waals surface area (Å²) < 4.78 is 41.8. The summed E-state index contributed by atoms with van der Waals surface area (Å²) in [7, 11) is 0. The number of nitrogen functional groups attached to an aromatic ring is 1. The molecule has 0 atom stereocenters. The summed E-state index contributed by atoms with van der Waals surface area (Å²) in [5.41, 5.74) is 5.44. The van der Waals surface area contributed by atoms with E-state index < -0.39 is 17.2 Å². The average molecular weight is 403 g/mol. The molecule has 3 aromatic rings. The quantitative estimate of drug-likeness (QED) is 0.697. The predicted molar refractivity (Wildman–Crippen MR) is 103 cm³/mol. The highest BCUT2D eigenvalue weighted by molar-refractivity contribution is 5.98. The van der Waals surface area contributed by atoms with Crippen LogP contribution in [0, 0.1) is 5.41 Å². The first kappa shape index (κ1) is 19.2. The largest absolute Gasteiger partial charge is 0.418 e. The summed E-state index contributed by atoms with van der Waals surface area (Å²) in [4.78, 5) is 18.2. The number of carbonyl (C=O) groups excluding carboxylic acids is 1. The number of benzene rings is 1. The van der Waals surface area contributed by atoms with Gasteiger partial charge in [0.05, 0.1) is 11.3 Å². The third-order valence-electron chi connectivity index (χ3n) is 5.35. The highest BCUT2D eigenvalue weighted by Crippen LogP contribution is 2.40. The van der Waals surface area contributed by atoms with Gasteiger partial charge in [0, 0.05) is 23.2 Å². The van der Waals surface area contributed by atoms with Crippen LogP contribution in [0.3, 0.4) is 0 Å². The van der Waals surface area contributed by atoms with E-state index in [9.17, 15) is 18.0 Å². The van der Waals surface area contributed by atoms with Gasteiger partial charge in [-0.2, -0.15) is 18.3 Å². The van der Waals surface area contributed by atoms with Crippen molar-refractivity contribution in [2.75, 3.05) is 17.2 Å². The van der Waals surface area contributed by atoms with Crippen LogP contribution in [0.2, 0.25) is 0 Å². The summed E-state index contributed by atoms with van der Waals surface area (Å²) in [6, 6.07) is 7.91. The van der Waals surface area contributed by atoms with Crippen LogP contribution in [0.25, 0.3) is 16.8 Å². The van der Waals surface area contributed by atoms with Gasteiger partial charge in [-0.05, 0) is 31.0 Å². The molecule has 1 fully saturated rings. The minimum absolute atomic E-state index is 0.00321. The van der Waals surface area contributed by atoms with E-state index in [0.29, 0.717) is 17.8 Å². The van der Waals surface area contributed by atoms with Crippen LogP contribution in [-0.2, 0) is 11.0 Å². The lowest BCUT2D eigenvalue weighted by Gasteiger charge is -2.37. The lowest BCUT2D eigenvalue weighted by atomic mass is 9.83. The SMILES string of the molecule is CC1(C)CCCN(c2cccc(-c3cc(C(F)(F)F)c4c(N)ncnn34)c2)C1=O. The van der Waals surface area contributed by atoms with E-state index in [0.717, 1.165) is 29.8 Å². The Bertz CT molecular complexity index is 1100. The molecule has 0 radical (unpaired) electrons. The van der Waals surface area contributed by atoms with Crippen molar-refractivity contribution in [2.24, 2.45) is 5.41 Å². The number of carbonyl (C=O) groups is 1. The standard InChI is InChI=1S/C20H20F3N5O/c1-19(2)7-4-8-27(18(19)29)13-6-3-5-12(9-13)15-10-14(20(21,22)23)16-17(24)25-11-26-28(15)16/h3,5-6,9-11H,4,7-8H2,1-2H3,(H2,24,25,26). The number of alkyl halides is 3. The lowest BCUT2D eigenvalue weighted by molar-refractivity contribution is -0.136. The monoisotopic (exact) mass is 403 g/mol. The van der Waals surface area contributed by atoms with Crippen molar-refractivity contribution in [3.8, 4) is 11.3 Å². The normalized spacial score (nSPS) is 17.1. The Labute approximate surface area is 165 Å². The molecule has 0 unspecified atom stereocenters. The van der Waals surface area contributed by atoms with Crippen molar-refractivity contribution in [3.63, 3.8) is 0 Å². The Morgan fingerprint density at radius 3 is 2.69 bits per heavy atom. The third kappa shape index (κ3) is 3.20. The Balaban J connectivity index is 1.85. The van der Waals surface area contributed by atoms with E-state index in [1.807, 2.05) is 13.8 Å². The Morgan fingerprint density at radius 2 is 1.97 bits per heavy atom. The second-order valence-electron chi connectivity index (χ2n) is 7.84. The maximum atomic E-state index is 13.6. The average Bonchev–Trinajstić information content (AvgIpc) is 3.06. The van der Waals surface area contributed by atoms with Crippen molar-refractivity contribution in [1.29, 1.82) is 0 Å². The van der Waals surface area contributed by atoms with E-state index in [4.69, 9.17) is 5.73 Å². The molecule has 1 saturated heterocycles. The fourth-order valence-electron chi connectivity index (χ4n) is 3.82. The lowest BCUT2D eigenvalue weighted by Crippen LogP contribution is -2.46. The van der Waals surface area contributed by atoms with E-state index >= 15 is 0 Å². The van der Waals surface area contributed by atoms with Crippen molar-refractivity contribution < 1.29 is 18.0 Å². The minimum atomic E-state index is -4.60. The number of hydrogen-bond acceptors (Lipinski definition) is 4. The number of piperidine rings is 1. The number of fused-ring (bicyclic) bond motifs is 1. The molecule has 0 bridgehead atoms. The van der Waals surface area contributed by atoms with Crippen LogP contribution in [-0.4, -0.2) is 27.0 Å². The van der Waals surface area contributed by atoms with Crippen molar-refractivity contribution >= 4 is 22.9 Å². The van der Waals surface area contributed by atoms with Crippen LogP contribution in [0.1, 0.15) is 32.3 Å². The predicted octanol–water partition coefficient (Wildman–Crippen LogP) is 4.15. The molecule has 3 heterocycles. The van der Waals surface area contributed by atoms with E-state index in [1.54, 1.807) is 29.2 Å². The zero-order chi connectivity index (χ0) is 21.0. The van der Waals surface area contributed by atoms with Gasteiger partial charge in [-0.3, -0.25) is 4.79 Å². The first-order chi connectivity index (χ1) is 13.6. The zero-order valence-electron chi connectivity index (χ0n) is 16.0. The number of aromatic nitrogens is 3. The smallest absolute Gasteiger partial charge is 0.382 e. The molecule has 1 aliphatic rings. The highest BCUT2D eigenvalue weighted by atomic mass is 19.4. The molecule has 0 aliphatic carbocycles. The zero-order valence-corrected chi connectivity index (χ0v) is 16.0. The molecule has 29 heavy (non-hydrogen) atoms. The first-order valence-corrected chi connectivity index (χ1v) is 9.21. The van der Waals surface area contributed by atoms with Crippen LogP contribution in [0.5, 0.6) is 0 Å². The number of halogens is 3. The van der Waals surface area contributed by atoms with E-state index in [1.165, 1.54) is 0 Å². The van der Waals surface area contributed by atoms with Gasteiger partial charge in [0.15, 0.2) is 5.82 Å². The summed E-state index contributed by atoms with van der Waals surface area (Å²) in [6.45, 7) is 4.38. The summed E-state index contributed by atoms with van der Waals surface area (Å²) in [5, 5.41) is 3.98. The molecule has 152 valence electrons. The maximum absolute atomic E-state index is 13.6. The molecule has 2 N–H and O–H groups in total. The molecule has 9 heteroatoms. The Kier molecular flexibility index (Phi) is 4.29. The fraction of sp³-hybridized carbons (Fsp3) is 0.350. The van der Waals surface area contributed by atoms with Crippen LogP contribution in [0.15, 0.2) is 36.7 Å². The topological polar surface area (TPSA) is 76.5 Å². The summed E-state index contributed by atoms with van der Waals surface area (Å²) in [5.74, 6) is -0.244. The molecule has 1 amide bonds. The molecule has 1 aliphatic heterocycles. The number of nitrogens with two attached hydrogens (primary N) is 1. The van der Waals surface area contributed by atoms with Crippen molar-refractivity contribution in [2.45, 2.75) is 32.9 Å². The third-order valence-corrected chi connectivity index (χ3v) is 5.35. The number of rotatable bonds is 2. The van der Waals surface area contributed by atoms with Crippen LogP contribution in [0.4, 0.5) is 24.7 Å². The molecule has 6 nitrogen and oxygen atoms in total. The maximum Gasteiger partial charge on any atom is 0.418 e. The van der Waals surface area contributed by atoms with E-state index in [2.05, 4.69) is 10.1 Å². The molecular formula is C20H20F3N5O. The molecule has 0 spiro atoms. The van der Waals surface area contributed by atoms with Crippen LogP contribution < -0.4 is 10.6 Å². The molecule has 4 rings (SSSR count). The number of anilines is 2. The molecule has 1 aromatic carbocycles. The van der Waals surface area contributed by atoms with Gasteiger partial charge in [-0.15, -0.1) is 0 Å². The van der Waals surface area contributed by atoms with Gasteiger partial charge < -0.3 is 10.6 Å². The van der Waals surface area contributed by atoms with Gasteiger partial charge in [-0.1, -0.05) is 26.0 Å². The van der Waals surface area contributed by atoms with Crippen molar-refractivity contribution in [3.05, 3.63) is 42.2 Å². The molecular weight excluding hydrogens is 383 g/mol. The van der Waals surface area contributed by atoms with Gasteiger partial charge >= 0.3 is 6.18 Å². The molecule has 0 saturated carbocycles. The van der Waals surface area contributed by atoms with Crippen LogP contribution >= 0.6 is 0 Å². The highest BCUT2D eigenvalue weighted by Gasteiger charge is 2.38. The first-order valence-electron chi connectivity index (χ1n) is 9.21. The summed E-state index contributed by atoms with van der Waals surface area (Å²) in [6.07, 6.45) is -1.82. The molecule has 2 aromatic heterocycles. The minimum Gasteiger partial charge on any atom is -0.382 e. The second kappa shape index (κ2) is 6.47. The number of hydrogen-bond donors (Lipinski definition) is 1.